The zero-order valence-corrected chi connectivity index (χ0v) is 8.70. The second kappa shape index (κ2) is 4.06. The van der Waals surface area contributed by atoms with Gasteiger partial charge in [0, 0.05) is 11.4 Å². The molecule has 1 aromatic heterocycles. The van der Waals surface area contributed by atoms with Crippen LogP contribution in [-0.4, -0.2) is 9.97 Å². The molecule has 0 unspecified atom stereocenters. The number of hydrogen-bond donors (Lipinski definition) is 3. The predicted octanol–water partition coefficient (Wildman–Crippen LogP) is 1.12. The van der Waals surface area contributed by atoms with Crippen LogP contribution in [0.5, 0.6) is 0 Å². The molecule has 0 saturated carbocycles. The van der Waals surface area contributed by atoms with E-state index in [1.165, 1.54) is 0 Å². The quantitative estimate of drug-likeness (QED) is 0.705. The summed E-state index contributed by atoms with van der Waals surface area (Å²) in [5, 5.41) is 2.95. The molecule has 0 saturated heterocycles. The first-order valence-electron chi connectivity index (χ1n) is 4.82. The van der Waals surface area contributed by atoms with E-state index in [9.17, 15) is 9.59 Å². The van der Waals surface area contributed by atoms with Gasteiger partial charge in [-0.2, -0.15) is 0 Å². The topological polar surface area (TPSA) is 77.8 Å². The van der Waals surface area contributed by atoms with Crippen LogP contribution in [0, 0.1) is 6.92 Å². The summed E-state index contributed by atoms with van der Waals surface area (Å²) in [5.74, 6) is 0. The van der Waals surface area contributed by atoms with Crippen LogP contribution >= 0.6 is 0 Å². The van der Waals surface area contributed by atoms with Crippen LogP contribution in [0.4, 0.5) is 11.4 Å². The Morgan fingerprint density at radius 3 is 2.38 bits per heavy atom. The lowest BCUT2D eigenvalue weighted by molar-refractivity contribution is 0.998. The molecule has 0 amide bonds. The van der Waals surface area contributed by atoms with Crippen molar-refractivity contribution in [1.82, 2.24) is 9.97 Å². The fourth-order valence-corrected chi connectivity index (χ4v) is 1.42. The van der Waals surface area contributed by atoms with Gasteiger partial charge in [0.25, 0.3) is 5.56 Å². The van der Waals surface area contributed by atoms with Crippen LogP contribution in [0.1, 0.15) is 5.69 Å². The van der Waals surface area contributed by atoms with Crippen molar-refractivity contribution in [3.63, 3.8) is 0 Å². The van der Waals surface area contributed by atoms with Gasteiger partial charge in [0.05, 0.1) is 0 Å². The first kappa shape index (κ1) is 10.2. The third-order valence-corrected chi connectivity index (χ3v) is 2.17. The molecule has 16 heavy (non-hydrogen) atoms. The molecule has 0 aliphatic rings. The maximum absolute atomic E-state index is 11.5. The molecule has 5 heteroatoms. The van der Waals surface area contributed by atoms with Gasteiger partial charge in [0.2, 0.25) is 0 Å². The van der Waals surface area contributed by atoms with Crippen molar-refractivity contribution in [2.45, 2.75) is 6.92 Å². The standard InChI is InChI=1S/C11H11N3O2/c1-7-9(10(15)14-11(16)12-7)13-8-5-3-2-4-6-8/h2-6,13H,1H3,(H2,12,14,15,16). The van der Waals surface area contributed by atoms with Crippen molar-refractivity contribution in [3.05, 3.63) is 56.9 Å². The summed E-state index contributed by atoms with van der Waals surface area (Å²) >= 11 is 0. The van der Waals surface area contributed by atoms with E-state index < -0.39 is 11.2 Å². The summed E-state index contributed by atoms with van der Waals surface area (Å²) in [6.07, 6.45) is 0. The van der Waals surface area contributed by atoms with Gasteiger partial charge in [-0.25, -0.2) is 4.79 Å². The molecule has 1 heterocycles. The summed E-state index contributed by atoms with van der Waals surface area (Å²) in [7, 11) is 0. The fraction of sp³-hybridized carbons (Fsp3) is 0.0909. The number of H-pyrrole nitrogens is 2. The number of para-hydroxylation sites is 1. The first-order chi connectivity index (χ1) is 7.66. The molecule has 0 spiro atoms. The van der Waals surface area contributed by atoms with E-state index >= 15 is 0 Å². The lowest BCUT2D eigenvalue weighted by atomic mass is 10.3. The molecule has 2 rings (SSSR count). The van der Waals surface area contributed by atoms with Crippen molar-refractivity contribution in [2.24, 2.45) is 0 Å². The molecule has 1 aromatic carbocycles. The number of nitrogens with one attached hydrogen (secondary N) is 3. The van der Waals surface area contributed by atoms with Crippen molar-refractivity contribution < 1.29 is 0 Å². The highest BCUT2D eigenvalue weighted by Gasteiger charge is 2.04. The molecule has 0 aliphatic carbocycles. The molecule has 0 aliphatic heterocycles. The number of aryl methyl sites for hydroxylation is 1. The largest absolute Gasteiger partial charge is 0.350 e. The second-order valence-electron chi connectivity index (χ2n) is 3.40. The maximum atomic E-state index is 11.5. The van der Waals surface area contributed by atoms with Gasteiger partial charge in [-0.1, -0.05) is 18.2 Å². The van der Waals surface area contributed by atoms with Gasteiger partial charge >= 0.3 is 5.69 Å². The average Bonchev–Trinajstić information content (AvgIpc) is 2.25. The van der Waals surface area contributed by atoms with Gasteiger partial charge in [-0.05, 0) is 19.1 Å². The minimum atomic E-state index is -0.499. The van der Waals surface area contributed by atoms with Crippen LogP contribution in [0.15, 0.2) is 39.9 Å². The Morgan fingerprint density at radius 1 is 1.06 bits per heavy atom. The zero-order valence-electron chi connectivity index (χ0n) is 8.70. The Labute approximate surface area is 91.2 Å². The Morgan fingerprint density at radius 2 is 1.75 bits per heavy atom. The smallest absolute Gasteiger partial charge is 0.326 e. The molecule has 0 radical (unpaired) electrons. The van der Waals surface area contributed by atoms with E-state index in [-0.39, 0.29) is 0 Å². The normalized spacial score (nSPS) is 10.1. The third-order valence-electron chi connectivity index (χ3n) is 2.17. The van der Waals surface area contributed by atoms with Gasteiger partial charge in [0.15, 0.2) is 0 Å². The second-order valence-corrected chi connectivity index (χ2v) is 3.40. The molecule has 2 aromatic rings. The predicted molar refractivity (Wildman–Crippen MR) is 62.1 cm³/mol. The summed E-state index contributed by atoms with van der Waals surface area (Å²) in [6.45, 7) is 1.67. The minimum absolute atomic E-state index is 0.353. The number of aromatic nitrogens is 2. The first-order valence-corrected chi connectivity index (χ1v) is 4.82. The molecular formula is C11H11N3O2. The summed E-state index contributed by atoms with van der Waals surface area (Å²) in [5.41, 5.74) is 0.734. The van der Waals surface area contributed by atoms with Crippen molar-refractivity contribution in [2.75, 3.05) is 5.32 Å². The number of rotatable bonds is 2. The van der Waals surface area contributed by atoms with E-state index in [1.54, 1.807) is 6.92 Å². The maximum Gasteiger partial charge on any atom is 0.326 e. The molecule has 0 atom stereocenters. The monoisotopic (exact) mass is 217 g/mol. The van der Waals surface area contributed by atoms with Gasteiger partial charge in [0.1, 0.15) is 5.69 Å². The van der Waals surface area contributed by atoms with Gasteiger partial charge < -0.3 is 10.3 Å². The van der Waals surface area contributed by atoms with E-state index in [0.717, 1.165) is 5.69 Å². The molecule has 0 bridgehead atoms. The Bertz CT molecular complexity index is 599. The molecular weight excluding hydrogens is 206 g/mol. The van der Waals surface area contributed by atoms with Crippen molar-refractivity contribution in [1.29, 1.82) is 0 Å². The number of aromatic amines is 2. The number of anilines is 2. The van der Waals surface area contributed by atoms with E-state index in [2.05, 4.69) is 15.3 Å². The number of hydrogen-bond acceptors (Lipinski definition) is 3. The number of benzene rings is 1. The highest BCUT2D eigenvalue weighted by atomic mass is 16.2. The van der Waals surface area contributed by atoms with E-state index in [0.29, 0.717) is 11.4 Å². The molecule has 82 valence electrons. The van der Waals surface area contributed by atoms with Crippen LogP contribution in [-0.2, 0) is 0 Å². The lowest BCUT2D eigenvalue weighted by Crippen LogP contribution is -2.25. The van der Waals surface area contributed by atoms with Crippen LogP contribution in [0.25, 0.3) is 0 Å². The van der Waals surface area contributed by atoms with E-state index in [1.807, 2.05) is 30.3 Å². The van der Waals surface area contributed by atoms with Crippen molar-refractivity contribution in [3.8, 4) is 0 Å². The SMILES string of the molecule is Cc1[nH]c(=O)[nH]c(=O)c1Nc1ccccc1. The molecule has 5 nitrogen and oxygen atoms in total. The Hall–Kier alpha value is -2.30. The molecule has 3 N–H and O–H groups in total. The third kappa shape index (κ3) is 2.03. The van der Waals surface area contributed by atoms with Crippen molar-refractivity contribution >= 4 is 11.4 Å². The van der Waals surface area contributed by atoms with Crippen LogP contribution in [0.3, 0.4) is 0 Å². The molecule has 0 fully saturated rings. The van der Waals surface area contributed by atoms with Crippen LogP contribution in [0.2, 0.25) is 0 Å². The average molecular weight is 217 g/mol. The summed E-state index contributed by atoms with van der Waals surface area (Å²) < 4.78 is 0. The van der Waals surface area contributed by atoms with Gasteiger partial charge in [-0.15, -0.1) is 0 Å². The van der Waals surface area contributed by atoms with Crippen LogP contribution < -0.4 is 16.6 Å². The zero-order chi connectivity index (χ0) is 11.5. The lowest BCUT2D eigenvalue weighted by Gasteiger charge is -2.07. The summed E-state index contributed by atoms with van der Waals surface area (Å²) in [4.78, 5) is 27.2. The minimum Gasteiger partial charge on any atom is -0.350 e. The van der Waals surface area contributed by atoms with E-state index in [4.69, 9.17) is 0 Å². The Balaban J connectivity index is 2.43. The highest BCUT2D eigenvalue weighted by Crippen LogP contribution is 2.13. The fourth-order valence-electron chi connectivity index (χ4n) is 1.42. The van der Waals surface area contributed by atoms with Gasteiger partial charge in [-0.3, -0.25) is 9.78 Å². The highest BCUT2D eigenvalue weighted by molar-refractivity contribution is 5.60. The summed E-state index contributed by atoms with van der Waals surface area (Å²) in [6, 6.07) is 9.28. The Kier molecular flexibility index (Phi) is 2.59.